The first-order valence-corrected chi connectivity index (χ1v) is 42.3. The summed E-state index contributed by atoms with van der Waals surface area (Å²) in [7, 11) is -9.91. The third-order valence-corrected chi connectivity index (χ3v) is 20.6. The number of ether oxygens (including phenoxy) is 4. The van der Waals surface area contributed by atoms with Crippen molar-refractivity contribution >= 4 is 39.5 Å². The van der Waals surface area contributed by atoms with Gasteiger partial charge in [0.1, 0.15) is 19.3 Å². The summed E-state index contributed by atoms with van der Waals surface area (Å²) in [6.45, 7) is 14.2. The van der Waals surface area contributed by atoms with Crippen LogP contribution in [0.1, 0.15) is 383 Å². The third kappa shape index (κ3) is 66.4. The number of unbranched alkanes of at least 4 members (excludes halogenated alkanes) is 36. The Bertz CT molecular complexity index is 1870. The minimum absolute atomic E-state index is 0.104. The maximum Gasteiger partial charge on any atom is 0.472 e. The fraction of sp³-hybridized carbons (Fsp3) is 0.947. The van der Waals surface area contributed by atoms with Crippen molar-refractivity contribution in [2.75, 3.05) is 39.6 Å². The predicted octanol–water partition coefficient (Wildman–Crippen LogP) is 22.0. The van der Waals surface area contributed by atoms with Crippen LogP contribution in [-0.2, 0) is 65.4 Å². The SMILES string of the molecule is CCC(C)CCCCCCCCCCCCCCCCCCCCC(=O)O[C@H](COC(=O)CCCCCCCCCCC(C)CC)COP(=O)(O)OC[C@@H](O)COP(=O)(O)OC[C@@H](COC(=O)CCCCCCCCC(C)C)OC(=O)CCCCCCCCCCC(C)CC. The van der Waals surface area contributed by atoms with Crippen molar-refractivity contribution in [3.05, 3.63) is 0 Å². The number of aliphatic hydroxyl groups excluding tert-OH is 1. The molecule has 0 amide bonds. The molecule has 0 aromatic carbocycles. The second-order valence-electron chi connectivity index (χ2n) is 28.6. The van der Waals surface area contributed by atoms with Crippen LogP contribution in [-0.4, -0.2) is 96.7 Å². The normalized spacial score (nSPS) is 15.0. The molecule has 0 heterocycles. The van der Waals surface area contributed by atoms with Crippen LogP contribution in [0.25, 0.3) is 0 Å². The first-order valence-electron chi connectivity index (χ1n) is 39.3. The molecule has 17 nitrogen and oxygen atoms in total. The van der Waals surface area contributed by atoms with E-state index in [0.717, 1.165) is 114 Å². The number of phosphoric acid groups is 2. The van der Waals surface area contributed by atoms with Gasteiger partial charge >= 0.3 is 39.5 Å². The molecule has 0 saturated carbocycles. The van der Waals surface area contributed by atoms with Gasteiger partial charge in [-0.1, -0.05) is 331 Å². The van der Waals surface area contributed by atoms with E-state index in [4.69, 9.17) is 37.0 Å². The van der Waals surface area contributed by atoms with Gasteiger partial charge < -0.3 is 33.8 Å². The second kappa shape index (κ2) is 65.4. The molecule has 0 fully saturated rings. The first kappa shape index (κ1) is 93.1. The molecule has 0 aliphatic carbocycles. The molecule has 564 valence electrons. The van der Waals surface area contributed by atoms with Crippen molar-refractivity contribution in [2.45, 2.75) is 401 Å². The highest BCUT2D eigenvalue weighted by Gasteiger charge is 2.30. The van der Waals surface area contributed by atoms with Crippen LogP contribution in [0.3, 0.4) is 0 Å². The van der Waals surface area contributed by atoms with E-state index in [-0.39, 0.29) is 25.7 Å². The van der Waals surface area contributed by atoms with Crippen LogP contribution in [0.5, 0.6) is 0 Å². The molecule has 5 unspecified atom stereocenters. The zero-order chi connectivity index (χ0) is 70.3. The van der Waals surface area contributed by atoms with Gasteiger partial charge in [-0.3, -0.25) is 37.3 Å². The van der Waals surface area contributed by atoms with Crippen molar-refractivity contribution in [3.8, 4) is 0 Å². The molecule has 95 heavy (non-hydrogen) atoms. The maximum absolute atomic E-state index is 13.1. The van der Waals surface area contributed by atoms with Crippen LogP contribution in [0, 0.1) is 23.7 Å². The van der Waals surface area contributed by atoms with Gasteiger partial charge in [0.05, 0.1) is 26.4 Å². The summed E-state index contributed by atoms with van der Waals surface area (Å²) in [6, 6.07) is 0. The summed E-state index contributed by atoms with van der Waals surface area (Å²) in [6.07, 6.45) is 50.1. The van der Waals surface area contributed by atoms with Gasteiger partial charge in [-0.25, -0.2) is 9.13 Å². The van der Waals surface area contributed by atoms with E-state index in [1.54, 1.807) is 0 Å². The van der Waals surface area contributed by atoms with Gasteiger partial charge in [0.15, 0.2) is 12.2 Å². The van der Waals surface area contributed by atoms with E-state index in [1.807, 2.05) is 0 Å². The van der Waals surface area contributed by atoms with Crippen molar-refractivity contribution in [3.63, 3.8) is 0 Å². The average molecular weight is 1400 g/mol. The highest BCUT2D eigenvalue weighted by molar-refractivity contribution is 7.47. The molecule has 19 heteroatoms. The van der Waals surface area contributed by atoms with Crippen molar-refractivity contribution in [2.24, 2.45) is 23.7 Å². The molecule has 0 spiro atoms. The third-order valence-electron chi connectivity index (χ3n) is 18.7. The Kier molecular flexibility index (Phi) is 64.0. The number of esters is 4. The second-order valence-corrected chi connectivity index (χ2v) is 31.5. The molecular weight excluding hydrogens is 1250 g/mol. The van der Waals surface area contributed by atoms with E-state index < -0.39 is 97.5 Å². The number of phosphoric ester groups is 2. The highest BCUT2D eigenvalue weighted by atomic mass is 31.2. The van der Waals surface area contributed by atoms with Gasteiger partial charge in [-0.05, 0) is 49.4 Å². The number of carbonyl (C=O) groups is 4. The number of carbonyl (C=O) groups excluding carboxylic acids is 4. The number of aliphatic hydroxyl groups is 1. The minimum Gasteiger partial charge on any atom is -0.462 e. The standard InChI is InChI=1S/C76H148O17P2/c1-9-67(6)53-45-37-28-22-20-18-16-14-12-13-15-17-19-21-23-32-42-50-58-75(80)92-71(62-86-73(78)56-48-40-31-26-24-29-38-46-54-68(7)10-2)64-90-94(82,83)88-60-70(77)61-89-95(84,85)91-65-72(63-87-74(79)57-49-41-35-34-36-44-52-66(4)5)93-76(81)59-51-43-33-27-25-30-39-47-55-69(8)11-3/h66-72,77H,9-65H2,1-8H3,(H,82,83)(H,84,85)/t67?,68?,69?,70-,71-,72-/m1/s1. The van der Waals surface area contributed by atoms with Crippen LogP contribution in [0.4, 0.5) is 0 Å². The summed E-state index contributed by atoms with van der Waals surface area (Å²) in [5.74, 6) is 0.972. The lowest BCUT2D eigenvalue weighted by molar-refractivity contribution is -0.161. The predicted molar refractivity (Wildman–Crippen MR) is 386 cm³/mol. The van der Waals surface area contributed by atoms with Gasteiger partial charge in [0.2, 0.25) is 0 Å². The largest absolute Gasteiger partial charge is 0.472 e. The van der Waals surface area contributed by atoms with Gasteiger partial charge in [0, 0.05) is 25.7 Å². The van der Waals surface area contributed by atoms with E-state index in [1.165, 1.54) is 180 Å². The van der Waals surface area contributed by atoms with Crippen LogP contribution in [0.2, 0.25) is 0 Å². The summed E-state index contributed by atoms with van der Waals surface area (Å²) >= 11 is 0. The first-order chi connectivity index (χ1) is 45.7. The molecule has 0 aliphatic heterocycles. The van der Waals surface area contributed by atoms with E-state index in [9.17, 15) is 43.2 Å². The smallest absolute Gasteiger partial charge is 0.462 e. The van der Waals surface area contributed by atoms with E-state index in [2.05, 4.69) is 55.4 Å². The minimum atomic E-state index is -4.96. The number of hydrogen-bond acceptors (Lipinski definition) is 15. The summed E-state index contributed by atoms with van der Waals surface area (Å²) in [5, 5.41) is 10.6. The maximum atomic E-state index is 13.1. The quantitative estimate of drug-likeness (QED) is 0.0222. The van der Waals surface area contributed by atoms with Gasteiger partial charge in [0.25, 0.3) is 0 Å². The Labute approximate surface area is 581 Å². The molecule has 0 aromatic heterocycles. The van der Waals surface area contributed by atoms with Gasteiger partial charge in [-0.15, -0.1) is 0 Å². The van der Waals surface area contributed by atoms with Crippen molar-refractivity contribution < 1.29 is 80.2 Å². The zero-order valence-electron chi connectivity index (χ0n) is 62.3. The fourth-order valence-electron chi connectivity index (χ4n) is 11.5. The lowest BCUT2D eigenvalue weighted by atomic mass is 9.99. The highest BCUT2D eigenvalue weighted by Crippen LogP contribution is 2.45. The molecule has 0 aromatic rings. The van der Waals surface area contributed by atoms with Crippen LogP contribution < -0.4 is 0 Å². The Morgan fingerprint density at radius 2 is 0.505 bits per heavy atom. The van der Waals surface area contributed by atoms with Crippen LogP contribution >= 0.6 is 15.6 Å². The topological polar surface area (TPSA) is 237 Å². The van der Waals surface area contributed by atoms with Crippen molar-refractivity contribution in [1.29, 1.82) is 0 Å². The average Bonchev–Trinajstić information content (AvgIpc) is 1.43. The lowest BCUT2D eigenvalue weighted by Gasteiger charge is -2.21. The van der Waals surface area contributed by atoms with E-state index >= 15 is 0 Å². The molecule has 0 aliphatic rings. The van der Waals surface area contributed by atoms with Gasteiger partial charge in [-0.2, -0.15) is 0 Å². The molecule has 3 N–H and O–H groups in total. The molecule has 0 radical (unpaired) electrons. The lowest BCUT2D eigenvalue weighted by Crippen LogP contribution is -2.30. The summed E-state index contributed by atoms with van der Waals surface area (Å²) < 4.78 is 68.4. The Balaban J connectivity index is 5.18. The summed E-state index contributed by atoms with van der Waals surface area (Å²) in [4.78, 5) is 72.7. The van der Waals surface area contributed by atoms with E-state index in [0.29, 0.717) is 31.6 Å². The molecule has 0 saturated heterocycles. The van der Waals surface area contributed by atoms with Crippen molar-refractivity contribution in [1.82, 2.24) is 0 Å². The summed E-state index contributed by atoms with van der Waals surface area (Å²) in [5.41, 5.74) is 0. The molecule has 0 rings (SSSR count). The number of rotatable bonds is 73. The Hall–Kier alpha value is -1.94. The zero-order valence-corrected chi connectivity index (χ0v) is 64.1. The molecule has 0 bridgehead atoms. The molecule has 8 atom stereocenters. The monoisotopic (exact) mass is 1400 g/mol. The fourth-order valence-corrected chi connectivity index (χ4v) is 13.0. The molecular formula is C76H148O17P2. The Morgan fingerprint density at radius 3 is 0.747 bits per heavy atom. The Morgan fingerprint density at radius 1 is 0.295 bits per heavy atom. The number of hydrogen-bond donors (Lipinski definition) is 3. The van der Waals surface area contributed by atoms with Crippen LogP contribution in [0.15, 0.2) is 0 Å².